The van der Waals surface area contributed by atoms with Gasteiger partial charge in [-0.2, -0.15) is 0 Å². The zero-order chi connectivity index (χ0) is 12.1. The number of hydrogen-bond donors (Lipinski definition) is 1. The van der Waals surface area contributed by atoms with E-state index >= 15 is 0 Å². The molecule has 1 rings (SSSR count). The Balaban J connectivity index is 2.69. The first-order valence-corrected chi connectivity index (χ1v) is 6.55. The van der Waals surface area contributed by atoms with Gasteiger partial charge in [-0.1, -0.05) is 31.5 Å². The molecule has 0 bridgehead atoms. The zero-order valence-corrected chi connectivity index (χ0v) is 10.7. The summed E-state index contributed by atoms with van der Waals surface area (Å²) < 4.78 is 11.8. The van der Waals surface area contributed by atoms with Gasteiger partial charge < -0.3 is 5.11 Å². The Bertz CT molecular complexity index is 379. The molecule has 0 aliphatic rings. The molecule has 0 radical (unpaired) electrons. The van der Waals surface area contributed by atoms with Crippen molar-refractivity contribution in [2.75, 3.05) is 0 Å². The molecule has 1 unspecified atom stereocenters. The Morgan fingerprint density at radius 3 is 2.31 bits per heavy atom. The molecule has 0 heterocycles. The second-order valence-corrected chi connectivity index (χ2v) is 5.51. The summed E-state index contributed by atoms with van der Waals surface area (Å²) in [6.45, 7) is 5.83. The van der Waals surface area contributed by atoms with E-state index in [0.29, 0.717) is 0 Å². The van der Waals surface area contributed by atoms with Crippen LogP contribution in [0.5, 0.6) is 0 Å². The van der Waals surface area contributed by atoms with Crippen LogP contribution in [0.25, 0.3) is 0 Å². The van der Waals surface area contributed by atoms with Gasteiger partial charge in [-0.05, 0) is 31.1 Å². The maximum atomic E-state index is 11.8. The van der Waals surface area contributed by atoms with Crippen molar-refractivity contribution in [3.05, 3.63) is 41.3 Å². The average molecular weight is 238 g/mol. The maximum absolute atomic E-state index is 11.8. The van der Waals surface area contributed by atoms with Crippen LogP contribution in [0.2, 0.25) is 0 Å². The summed E-state index contributed by atoms with van der Waals surface area (Å²) >= 11 is 0. The fraction of sp³-hybridized carbons (Fsp3) is 0.385. The van der Waals surface area contributed by atoms with Crippen LogP contribution in [-0.4, -0.2) is 15.4 Å². The first-order chi connectivity index (χ1) is 7.50. The molecule has 2 atom stereocenters. The Hall–Kier alpha value is -0.930. The summed E-state index contributed by atoms with van der Waals surface area (Å²) in [5, 5.41) is 11.1. The second-order valence-electron chi connectivity index (χ2n) is 4.17. The van der Waals surface area contributed by atoms with Gasteiger partial charge in [0.05, 0.1) is 16.9 Å². The van der Waals surface area contributed by atoms with Crippen molar-refractivity contribution in [1.82, 2.24) is 0 Å². The van der Waals surface area contributed by atoms with Crippen molar-refractivity contribution in [1.29, 1.82) is 0 Å². The van der Waals surface area contributed by atoms with Gasteiger partial charge in [0.15, 0.2) is 0 Å². The molecule has 3 heteroatoms. The number of aryl methyl sites for hydroxylation is 1. The maximum Gasteiger partial charge on any atom is 0.0773 e. The summed E-state index contributed by atoms with van der Waals surface area (Å²) in [5.41, 5.74) is 1.15. The Labute approximate surface area is 99.5 Å². The van der Waals surface area contributed by atoms with Gasteiger partial charge in [0.2, 0.25) is 0 Å². The molecule has 88 valence electrons. The monoisotopic (exact) mass is 238 g/mol. The minimum Gasteiger partial charge on any atom is -0.389 e. The number of benzene rings is 1. The van der Waals surface area contributed by atoms with E-state index in [9.17, 15) is 9.32 Å². The van der Waals surface area contributed by atoms with Crippen molar-refractivity contribution in [3.8, 4) is 0 Å². The molecular formula is C13H18O2S. The molecule has 1 aromatic rings. The van der Waals surface area contributed by atoms with Gasteiger partial charge in [-0.25, -0.2) is 4.21 Å². The van der Waals surface area contributed by atoms with Crippen LogP contribution < -0.4 is 0 Å². The third-order valence-corrected chi connectivity index (χ3v) is 3.48. The molecule has 0 fully saturated rings. The average Bonchev–Trinajstić information content (AvgIpc) is 2.26. The first-order valence-electron chi connectivity index (χ1n) is 5.34. The predicted octanol–water partition coefficient (Wildman–Crippen LogP) is 2.63. The molecule has 2 nitrogen and oxygen atoms in total. The van der Waals surface area contributed by atoms with Crippen LogP contribution in [0.4, 0.5) is 0 Å². The van der Waals surface area contributed by atoms with Crippen LogP contribution in [0.3, 0.4) is 0 Å². The van der Waals surface area contributed by atoms with E-state index in [0.717, 1.165) is 10.5 Å². The molecule has 0 aromatic heterocycles. The molecule has 1 N–H and O–H groups in total. The van der Waals surface area contributed by atoms with Crippen molar-refractivity contribution >= 4 is 10.8 Å². The van der Waals surface area contributed by atoms with Crippen molar-refractivity contribution in [2.24, 2.45) is 5.92 Å². The summed E-state index contributed by atoms with van der Waals surface area (Å²) in [6.07, 6.45) is 1.06. The zero-order valence-electron chi connectivity index (χ0n) is 9.88. The van der Waals surface area contributed by atoms with E-state index in [2.05, 4.69) is 0 Å². The Morgan fingerprint density at radius 1 is 1.25 bits per heavy atom. The van der Waals surface area contributed by atoms with E-state index in [-0.39, 0.29) is 5.92 Å². The normalized spacial score (nSPS) is 15.6. The van der Waals surface area contributed by atoms with E-state index in [1.54, 1.807) is 11.5 Å². The number of aliphatic hydroxyl groups is 1. The Kier molecular flexibility index (Phi) is 4.90. The van der Waals surface area contributed by atoms with Gasteiger partial charge >= 0.3 is 0 Å². The van der Waals surface area contributed by atoms with Crippen LogP contribution >= 0.6 is 0 Å². The van der Waals surface area contributed by atoms with E-state index in [4.69, 9.17) is 0 Å². The fourth-order valence-corrected chi connectivity index (χ4v) is 1.99. The number of rotatable bonds is 4. The lowest BCUT2D eigenvalue weighted by Crippen LogP contribution is -2.10. The van der Waals surface area contributed by atoms with Gasteiger partial charge in [0.25, 0.3) is 0 Å². The SMILES string of the molecule is Cc1ccc(S(=O)/C=C/[C@H](O)C(C)C)cc1. The molecular weight excluding hydrogens is 220 g/mol. The molecule has 0 spiro atoms. The van der Waals surface area contributed by atoms with E-state index < -0.39 is 16.9 Å². The van der Waals surface area contributed by atoms with Crippen molar-refractivity contribution in [3.63, 3.8) is 0 Å². The molecule has 1 aromatic carbocycles. The highest BCUT2D eigenvalue weighted by atomic mass is 32.2. The molecule has 16 heavy (non-hydrogen) atoms. The number of aliphatic hydroxyl groups excluding tert-OH is 1. The quantitative estimate of drug-likeness (QED) is 0.875. The second kappa shape index (κ2) is 5.97. The van der Waals surface area contributed by atoms with Crippen LogP contribution in [0.1, 0.15) is 19.4 Å². The molecule has 0 aliphatic carbocycles. The van der Waals surface area contributed by atoms with Crippen molar-refractivity contribution in [2.45, 2.75) is 31.8 Å². The summed E-state index contributed by atoms with van der Waals surface area (Å²) in [4.78, 5) is 0.762. The highest BCUT2D eigenvalue weighted by Crippen LogP contribution is 2.10. The van der Waals surface area contributed by atoms with E-state index in [1.165, 1.54) is 0 Å². The lowest BCUT2D eigenvalue weighted by Gasteiger charge is -2.08. The standard InChI is InChI=1S/C13H18O2S/c1-10(2)13(14)8-9-16(15)12-6-4-11(3)5-7-12/h4-10,13-14H,1-3H3/b9-8+/t13-,16?/m0/s1. The minimum absolute atomic E-state index is 0.145. The third kappa shape index (κ3) is 3.91. The van der Waals surface area contributed by atoms with Gasteiger partial charge in [0, 0.05) is 10.3 Å². The molecule has 0 saturated carbocycles. The van der Waals surface area contributed by atoms with Crippen LogP contribution in [0.15, 0.2) is 40.6 Å². The van der Waals surface area contributed by atoms with Crippen LogP contribution in [0, 0.1) is 12.8 Å². The molecule has 0 aliphatic heterocycles. The van der Waals surface area contributed by atoms with E-state index in [1.807, 2.05) is 45.0 Å². The predicted molar refractivity (Wildman–Crippen MR) is 67.6 cm³/mol. The summed E-state index contributed by atoms with van der Waals surface area (Å²) in [7, 11) is -1.17. The number of hydrogen-bond acceptors (Lipinski definition) is 2. The highest BCUT2D eigenvalue weighted by molar-refractivity contribution is 7.88. The smallest absolute Gasteiger partial charge is 0.0773 e. The Morgan fingerprint density at radius 2 is 1.81 bits per heavy atom. The molecule has 0 amide bonds. The van der Waals surface area contributed by atoms with Gasteiger partial charge in [-0.3, -0.25) is 0 Å². The third-order valence-electron chi connectivity index (χ3n) is 2.34. The first kappa shape index (κ1) is 13.1. The van der Waals surface area contributed by atoms with Gasteiger partial charge in [-0.15, -0.1) is 0 Å². The van der Waals surface area contributed by atoms with Gasteiger partial charge in [0.1, 0.15) is 0 Å². The summed E-state index contributed by atoms with van der Waals surface area (Å²) in [6, 6.07) is 7.55. The highest BCUT2D eigenvalue weighted by Gasteiger charge is 2.05. The lowest BCUT2D eigenvalue weighted by molar-refractivity contribution is 0.172. The molecule has 0 saturated heterocycles. The fourth-order valence-electron chi connectivity index (χ4n) is 1.13. The van der Waals surface area contributed by atoms with Crippen LogP contribution in [-0.2, 0) is 10.8 Å². The summed E-state index contributed by atoms with van der Waals surface area (Å²) in [5.74, 6) is 0.145. The largest absolute Gasteiger partial charge is 0.389 e. The lowest BCUT2D eigenvalue weighted by atomic mass is 10.1. The van der Waals surface area contributed by atoms with Crippen molar-refractivity contribution < 1.29 is 9.32 Å². The topological polar surface area (TPSA) is 37.3 Å². The minimum atomic E-state index is -1.17.